The van der Waals surface area contributed by atoms with E-state index in [9.17, 15) is 29.8 Å². The van der Waals surface area contributed by atoms with Crippen LogP contribution in [0.4, 0.5) is 11.4 Å². The summed E-state index contributed by atoms with van der Waals surface area (Å²) in [5.41, 5.74) is 1.26. The number of benzene rings is 2. The number of unbranched alkanes of at least 4 members (excludes halogenated alkanes) is 4. The van der Waals surface area contributed by atoms with Gasteiger partial charge in [-0.25, -0.2) is 4.79 Å². The summed E-state index contributed by atoms with van der Waals surface area (Å²) < 4.78 is 4.46. The molecule has 0 fully saturated rings. The molecule has 0 amide bonds. The van der Waals surface area contributed by atoms with Crippen LogP contribution in [0.25, 0.3) is 0 Å². The van der Waals surface area contributed by atoms with Gasteiger partial charge < -0.3 is 13.5 Å². The molecule has 2 aromatic carbocycles. The Bertz CT molecular complexity index is 1610. The Hall–Kier alpha value is -4.16. The van der Waals surface area contributed by atoms with E-state index in [1.165, 1.54) is 10.6 Å². The van der Waals surface area contributed by atoms with Crippen molar-refractivity contribution in [3.63, 3.8) is 0 Å². The zero-order valence-electron chi connectivity index (χ0n) is 29.2. The SMILES string of the molecule is CC[N+](CC)(CCCCCn1ccc(=O)n(CCCCC[N+](CC)(CC)Cc2ccccc2[N+](=O)[O-])c1=O)Cc1ccccc1[N+](=O)[O-]. The van der Waals surface area contributed by atoms with Gasteiger partial charge in [0, 0.05) is 37.5 Å². The lowest BCUT2D eigenvalue weighted by atomic mass is 10.1. The maximum Gasteiger partial charge on any atom is 0.330 e. The predicted octanol–water partition coefficient (Wildman–Crippen LogP) is 6.28. The molecule has 0 saturated carbocycles. The summed E-state index contributed by atoms with van der Waals surface area (Å²) in [6.07, 6.45) is 6.67. The topological polar surface area (TPSA) is 130 Å². The number of nitro benzene ring substituents is 2. The minimum absolute atomic E-state index is 0.159. The van der Waals surface area contributed by atoms with Gasteiger partial charge in [-0.2, -0.15) is 0 Å². The number of rotatable bonds is 22. The fraction of sp³-hybridized carbons (Fsp3) is 0.556. The zero-order chi connectivity index (χ0) is 35.2. The molecule has 0 spiro atoms. The molecule has 3 aromatic rings. The van der Waals surface area contributed by atoms with Crippen LogP contribution in [0.1, 0.15) is 77.3 Å². The van der Waals surface area contributed by atoms with Crippen molar-refractivity contribution in [2.75, 3.05) is 39.3 Å². The van der Waals surface area contributed by atoms with Crippen LogP contribution in [0.15, 0.2) is 70.4 Å². The molecule has 0 aliphatic heterocycles. The highest BCUT2D eigenvalue weighted by Gasteiger charge is 2.28. The van der Waals surface area contributed by atoms with Gasteiger partial charge in [0.05, 0.1) is 60.2 Å². The molecule has 0 radical (unpaired) electrons. The van der Waals surface area contributed by atoms with Crippen molar-refractivity contribution in [3.8, 4) is 0 Å². The molecule has 48 heavy (non-hydrogen) atoms. The summed E-state index contributed by atoms with van der Waals surface area (Å²) in [6.45, 7) is 15.8. The van der Waals surface area contributed by atoms with Crippen molar-refractivity contribution in [1.82, 2.24) is 9.13 Å². The van der Waals surface area contributed by atoms with Gasteiger partial charge in [-0.3, -0.25) is 29.6 Å². The van der Waals surface area contributed by atoms with Gasteiger partial charge >= 0.3 is 5.69 Å². The molecule has 12 heteroatoms. The van der Waals surface area contributed by atoms with Crippen LogP contribution in [0.5, 0.6) is 0 Å². The minimum atomic E-state index is -0.313. The summed E-state index contributed by atoms with van der Waals surface area (Å²) in [5.74, 6) is 0. The van der Waals surface area contributed by atoms with Gasteiger partial charge in [-0.1, -0.05) is 24.3 Å². The third kappa shape index (κ3) is 10.2. The summed E-state index contributed by atoms with van der Waals surface area (Å²) in [5, 5.41) is 23.1. The van der Waals surface area contributed by atoms with E-state index in [4.69, 9.17) is 0 Å². The number of aryl methyl sites for hydroxylation is 1. The molecule has 0 aliphatic rings. The number of para-hydroxylation sites is 2. The summed E-state index contributed by atoms with van der Waals surface area (Å²) >= 11 is 0. The Kier molecular flexibility index (Phi) is 14.7. The van der Waals surface area contributed by atoms with Crippen molar-refractivity contribution in [3.05, 3.63) is 113 Å². The normalized spacial score (nSPS) is 11.9. The molecule has 1 aromatic heterocycles. The van der Waals surface area contributed by atoms with E-state index < -0.39 is 0 Å². The summed E-state index contributed by atoms with van der Waals surface area (Å²) in [4.78, 5) is 48.3. The highest BCUT2D eigenvalue weighted by Crippen LogP contribution is 2.25. The molecule has 12 nitrogen and oxygen atoms in total. The lowest BCUT2D eigenvalue weighted by Gasteiger charge is -2.37. The molecule has 0 N–H and O–H groups in total. The number of hydrogen-bond acceptors (Lipinski definition) is 6. The number of hydrogen-bond donors (Lipinski definition) is 0. The van der Waals surface area contributed by atoms with Crippen LogP contribution in [0.3, 0.4) is 0 Å². The molecule has 0 unspecified atom stereocenters. The molecule has 0 saturated heterocycles. The molecular formula is C36H54N6O6+2. The Morgan fingerprint density at radius 2 is 1.04 bits per heavy atom. The highest BCUT2D eigenvalue weighted by atomic mass is 16.6. The Labute approximate surface area is 283 Å². The van der Waals surface area contributed by atoms with E-state index in [1.54, 1.807) is 35.0 Å². The largest absolute Gasteiger partial charge is 0.330 e. The van der Waals surface area contributed by atoms with Gasteiger partial charge in [0.2, 0.25) is 0 Å². The fourth-order valence-electron chi connectivity index (χ4n) is 6.79. The number of nitrogens with zero attached hydrogens (tertiary/aromatic N) is 6. The van der Waals surface area contributed by atoms with E-state index in [0.717, 1.165) is 91.5 Å². The molecule has 0 atom stereocenters. The maximum atomic E-state index is 13.2. The van der Waals surface area contributed by atoms with Crippen LogP contribution in [0, 0.1) is 20.2 Å². The van der Waals surface area contributed by atoms with E-state index in [0.29, 0.717) is 32.6 Å². The molecule has 3 rings (SSSR count). The van der Waals surface area contributed by atoms with Crippen LogP contribution < -0.4 is 11.2 Å². The smallest absolute Gasteiger partial charge is 0.320 e. The van der Waals surface area contributed by atoms with E-state index in [2.05, 4.69) is 27.7 Å². The second-order valence-corrected chi connectivity index (χ2v) is 12.9. The third-order valence-corrected chi connectivity index (χ3v) is 10.3. The average Bonchev–Trinajstić information content (AvgIpc) is 3.09. The molecule has 0 aliphatic carbocycles. The number of aromatic nitrogens is 2. The number of quaternary nitrogens is 2. The average molecular weight is 667 g/mol. The second kappa shape index (κ2) is 18.4. The van der Waals surface area contributed by atoms with E-state index in [1.807, 2.05) is 24.3 Å². The number of nitro groups is 2. The van der Waals surface area contributed by atoms with Crippen molar-refractivity contribution in [2.45, 2.75) is 92.4 Å². The zero-order valence-corrected chi connectivity index (χ0v) is 29.2. The van der Waals surface area contributed by atoms with Crippen LogP contribution in [0.2, 0.25) is 0 Å². The van der Waals surface area contributed by atoms with Gasteiger partial charge in [-0.15, -0.1) is 0 Å². The first-order chi connectivity index (χ1) is 23.0. The third-order valence-electron chi connectivity index (χ3n) is 10.3. The Morgan fingerprint density at radius 3 is 1.48 bits per heavy atom. The Balaban J connectivity index is 1.51. The first kappa shape index (κ1) is 38.3. The van der Waals surface area contributed by atoms with Crippen LogP contribution in [-0.4, -0.2) is 67.2 Å². The van der Waals surface area contributed by atoms with Gasteiger partial charge in [0.15, 0.2) is 0 Å². The van der Waals surface area contributed by atoms with E-state index in [-0.39, 0.29) is 32.5 Å². The second-order valence-electron chi connectivity index (χ2n) is 12.9. The molecule has 0 bridgehead atoms. The van der Waals surface area contributed by atoms with Gasteiger partial charge in [0.25, 0.3) is 16.9 Å². The Morgan fingerprint density at radius 1 is 0.604 bits per heavy atom. The van der Waals surface area contributed by atoms with Crippen LogP contribution in [-0.2, 0) is 26.2 Å². The first-order valence-electron chi connectivity index (χ1n) is 17.5. The molecule has 262 valence electrons. The highest BCUT2D eigenvalue weighted by molar-refractivity contribution is 5.39. The minimum Gasteiger partial charge on any atom is -0.320 e. The van der Waals surface area contributed by atoms with Gasteiger partial charge in [-0.05, 0) is 78.4 Å². The predicted molar refractivity (Wildman–Crippen MR) is 189 cm³/mol. The quantitative estimate of drug-likeness (QED) is 0.0537. The van der Waals surface area contributed by atoms with Crippen molar-refractivity contribution in [2.24, 2.45) is 0 Å². The lowest BCUT2D eigenvalue weighted by Crippen LogP contribution is -2.47. The summed E-state index contributed by atoms with van der Waals surface area (Å²) in [7, 11) is 0. The fourth-order valence-corrected chi connectivity index (χ4v) is 6.79. The molecular weight excluding hydrogens is 612 g/mol. The maximum absolute atomic E-state index is 13.2. The molecule has 1 heterocycles. The standard InChI is InChI=1S/C36H54N6O6/c1-5-41(6-2,29-31-19-11-13-21-33(31)39(45)46)27-17-9-15-24-37-26-23-35(43)38(36(37)44)25-16-10-18-28-42(7-3,8-4)30-32-20-12-14-22-34(32)40(47)48/h11-14,19-23,26H,5-10,15-18,24-25,27-30H2,1-4H3/q+2. The lowest BCUT2D eigenvalue weighted by molar-refractivity contribution is -0.938. The summed E-state index contributed by atoms with van der Waals surface area (Å²) in [6, 6.07) is 15.4. The van der Waals surface area contributed by atoms with Crippen LogP contribution >= 0.6 is 0 Å². The van der Waals surface area contributed by atoms with Crippen molar-refractivity contribution < 1.29 is 18.8 Å². The van der Waals surface area contributed by atoms with E-state index >= 15 is 0 Å². The van der Waals surface area contributed by atoms with Gasteiger partial charge in [0.1, 0.15) is 13.1 Å². The first-order valence-corrected chi connectivity index (χ1v) is 17.5. The van der Waals surface area contributed by atoms with Crippen molar-refractivity contribution in [1.29, 1.82) is 0 Å². The monoisotopic (exact) mass is 666 g/mol. The van der Waals surface area contributed by atoms with Crippen molar-refractivity contribution >= 4 is 11.4 Å².